The first-order chi connectivity index (χ1) is 14.9. The molecular weight excluding hydrogens is 410 g/mol. The van der Waals surface area contributed by atoms with E-state index in [1.54, 1.807) is 0 Å². The highest BCUT2D eigenvalue weighted by molar-refractivity contribution is 7.84. The van der Waals surface area contributed by atoms with E-state index >= 15 is 0 Å². The standard InChI is InChI=1S/C24H35N3O3S/c1-4-20-6-8-21(9-7-20)24-26-22(19(3)30-24)16-31(29)17-23(28)25-12-5-13-27-14-10-18(2)11-15-27/h6-9,18H,4-5,10-17H2,1-3H3,(H,25,28)/t31-/m1/s1. The lowest BCUT2D eigenvalue weighted by Crippen LogP contribution is -2.36. The molecule has 0 unspecified atom stereocenters. The summed E-state index contributed by atoms with van der Waals surface area (Å²) in [5.74, 6) is 2.07. The van der Waals surface area contributed by atoms with Gasteiger partial charge in [-0.3, -0.25) is 9.00 Å². The molecule has 1 aliphatic heterocycles. The van der Waals surface area contributed by atoms with Gasteiger partial charge in [-0.1, -0.05) is 26.0 Å². The molecule has 3 rings (SSSR count). The third-order valence-corrected chi connectivity index (χ3v) is 7.12. The molecule has 7 heteroatoms. The predicted molar refractivity (Wildman–Crippen MR) is 125 cm³/mol. The maximum Gasteiger partial charge on any atom is 0.232 e. The number of piperidine rings is 1. The molecule has 1 aromatic carbocycles. The van der Waals surface area contributed by atoms with Gasteiger partial charge in [0.05, 0.1) is 11.4 Å². The average molecular weight is 446 g/mol. The summed E-state index contributed by atoms with van der Waals surface area (Å²) in [6.45, 7) is 10.2. The second-order valence-corrected chi connectivity index (χ2v) is 9.99. The van der Waals surface area contributed by atoms with Crippen molar-refractivity contribution in [2.45, 2.75) is 52.2 Å². The van der Waals surface area contributed by atoms with Crippen molar-refractivity contribution in [2.75, 3.05) is 31.9 Å². The molecule has 1 aromatic heterocycles. The summed E-state index contributed by atoms with van der Waals surface area (Å²) in [5, 5.41) is 2.90. The number of rotatable bonds is 10. The monoisotopic (exact) mass is 445 g/mol. The number of nitrogens with one attached hydrogen (secondary N) is 1. The summed E-state index contributed by atoms with van der Waals surface area (Å²) in [4.78, 5) is 19.1. The van der Waals surface area contributed by atoms with Crippen LogP contribution in [0.15, 0.2) is 28.7 Å². The molecule has 1 amide bonds. The van der Waals surface area contributed by atoms with Gasteiger partial charge in [0, 0.05) is 22.9 Å². The number of likely N-dealkylation sites (tertiary alicyclic amines) is 1. The van der Waals surface area contributed by atoms with Crippen molar-refractivity contribution in [3.63, 3.8) is 0 Å². The summed E-state index contributed by atoms with van der Waals surface area (Å²) < 4.78 is 18.2. The highest BCUT2D eigenvalue weighted by atomic mass is 32.2. The van der Waals surface area contributed by atoms with Crippen LogP contribution in [0.1, 0.15) is 50.1 Å². The minimum atomic E-state index is -1.32. The minimum Gasteiger partial charge on any atom is -0.441 e. The summed E-state index contributed by atoms with van der Waals surface area (Å²) in [6, 6.07) is 8.09. The molecule has 0 spiro atoms. The Bertz CT molecular complexity index is 871. The molecule has 31 heavy (non-hydrogen) atoms. The van der Waals surface area contributed by atoms with E-state index in [2.05, 4.69) is 41.2 Å². The normalized spacial score (nSPS) is 16.4. The summed E-state index contributed by atoms with van der Waals surface area (Å²) in [5.41, 5.74) is 2.81. The Hall–Kier alpha value is -1.99. The number of nitrogens with zero attached hydrogens (tertiary/aromatic N) is 2. The lowest BCUT2D eigenvalue weighted by molar-refractivity contribution is -0.118. The Morgan fingerprint density at radius 1 is 1.26 bits per heavy atom. The Morgan fingerprint density at radius 3 is 2.65 bits per heavy atom. The van der Waals surface area contributed by atoms with Crippen molar-refractivity contribution in [2.24, 2.45) is 5.92 Å². The number of hydrogen-bond donors (Lipinski definition) is 1. The third-order valence-electron chi connectivity index (χ3n) is 5.94. The van der Waals surface area contributed by atoms with Crippen molar-refractivity contribution in [1.29, 1.82) is 0 Å². The quantitative estimate of drug-likeness (QED) is 0.565. The number of carbonyl (C=O) groups excluding carboxylic acids is 1. The highest BCUT2D eigenvalue weighted by Crippen LogP contribution is 2.23. The molecule has 6 nitrogen and oxygen atoms in total. The summed E-state index contributed by atoms with van der Waals surface area (Å²) in [7, 11) is -1.32. The number of benzene rings is 1. The van der Waals surface area contributed by atoms with Gasteiger partial charge in [-0.15, -0.1) is 0 Å². The Balaban J connectivity index is 1.40. The first-order valence-corrected chi connectivity index (χ1v) is 12.8. The molecule has 1 saturated heterocycles. The van der Waals surface area contributed by atoms with Gasteiger partial charge in [0.15, 0.2) is 0 Å². The van der Waals surface area contributed by atoms with Gasteiger partial charge < -0.3 is 14.6 Å². The number of oxazole rings is 1. The fourth-order valence-corrected chi connectivity index (χ4v) is 4.85. The SMILES string of the molecule is CCc1ccc(-c2nc(C[S@@](=O)CC(=O)NCCCN3CCC(C)CC3)c(C)o2)cc1. The van der Waals surface area contributed by atoms with Crippen molar-refractivity contribution in [3.8, 4) is 11.5 Å². The van der Waals surface area contributed by atoms with Gasteiger partial charge in [-0.05, 0) is 75.9 Å². The van der Waals surface area contributed by atoms with Crippen LogP contribution in [0.25, 0.3) is 11.5 Å². The molecule has 2 aromatic rings. The number of amides is 1. The molecule has 0 radical (unpaired) electrons. The van der Waals surface area contributed by atoms with Crippen LogP contribution < -0.4 is 5.32 Å². The molecule has 2 heterocycles. The van der Waals surface area contributed by atoms with Crippen LogP contribution in [0.2, 0.25) is 0 Å². The molecule has 1 atom stereocenters. The summed E-state index contributed by atoms with van der Waals surface area (Å²) >= 11 is 0. The molecule has 0 saturated carbocycles. The lowest BCUT2D eigenvalue weighted by atomic mass is 9.99. The number of aromatic nitrogens is 1. The van der Waals surface area contributed by atoms with Gasteiger partial charge in [0.25, 0.3) is 0 Å². The lowest BCUT2D eigenvalue weighted by Gasteiger charge is -2.30. The van der Waals surface area contributed by atoms with E-state index in [1.807, 2.05) is 19.1 Å². The molecule has 170 valence electrons. The maximum atomic E-state index is 12.5. The second kappa shape index (κ2) is 11.6. The zero-order chi connectivity index (χ0) is 22.2. The van der Waals surface area contributed by atoms with Gasteiger partial charge in [0.2, 0.25) is 11.8 Å². The van der Waals surface area contributed by atoms with Crippen LogP contribution in [0, 0.1) is 12.8 Å². The number of carbonyl (C=O) groups is 1. The zero-order valence-electron chi connectivity index (χ0n) is 19.0. The van der Waals surface area contributed by atoms with Crippen LogP contribution in [0.5, 0.6) is 0 Å². The Morgan fingerprint density at radius 2 is 1.97 bits per heavy atom. The van der Waals surface area contributed by atoms with Gasteiger partial charge in [0.1, 0.15) is 11.5 Å². The van der Waals surface area contributed by atoms with Crippen molar-refractivity contribution < 1.29 is 13.4 Å². The fraction of sp³-hybridized carbons (Fsp3) is 0.583. The largest absolute Gasteiger partial charge is 0.441 e. The topological polar surface area (TPSA) is 75.4 Å². The average Bonchev–Trinajstić information content (AvgIpc) is 3.12. The van der Waals surface area contributed by atoms with E-state index in [-0.39, 0.29) is 17.4 Å². The molecule has 0 aliphatic carbocycles. The molecule has 1 N–H and O–H groups in total. The predicted octanol–water partition coefficient (Wildman–Crippen LogP) is 3.70. The second-order valence-electron chi connectivity index (χ2n) is 8.53. The van der Waals surface area contributed by atoms with Crippen LogP contribution >= 0.6 is 0 Å². The Labute approximate surface area is 188 Å². The Kier molecular flexibility index (Phi) is 8.84. The van der Waals surface area contributed by atoms with Crippen molar-refractivity contribution in [1.82, 2.24) is 15.2 Å². The van der Waals surface area contributed by atoms with E-state index in [4.69, 9.17) is 4.42 Å². The first kappa shape index (κ1) is 23.7. The van der Waals surface area contributed by atoms with E-state index in [1.165, 1.54) is 18.4 Å². The van der Waals surface area contributed by atoms with Crippen LogP contribution in [-0.2, 0) is 27.8 Å². The van der Waals surface area contributed by atoms with Gasteiger partial charge >= 0.3 is 0 Å². The molecule has 1 aliphatic rings. The smallest absolute Gasteiger partial charge is 0.232 e. The van der Waals surface area contributed by atoms with Gasteiger partial charge in [-0.2, -0.15) is 0 Å². The van der Waals surface area contributed by atoms with E-state index in [0.29, 0.717) is 23.9 Å². The third kappa shape index (κ3) is 7.28. The molecular formula is C24H35N3O3S. The molecule has 1 fully saturated rings. The van der Waals surface area contributed by atoms with Crippen LogP contribution in [-0.4, -0.2) is 51.9 Å². The van der Waals surface area contributed by atoms with Crippen LogP contribution in [0.3, 0.4) is 0 Å². The fourth-order valence-electron chi connectivity index (χ4n) is 3.79. The minimum absolute atomic E-state index is 0.00589. The van der Waals surface area contributed by atoms with Crippen LogP contribution in [0.4, 0.5) is 0 Å². The van der Waals surface area contributed by atoms with E-state index in [0.717, 1.165) is 44.0 Å². The number of aryl methyl sites for hydroxylation is 2. The van der Waals surface area contributed by atoms with Crippen molar-refractivity contribution >= 4 is 16.7 Å². The maximum absolute atomic E-state index is 12.5. The number of hydrogen-bond acceptors (Lipinski definition) is 5. The van der Waals surface area contributed by atoms with E-state index in [9.17, 15) is 9.00 Å². The van der Waals surface area contributed by atoms with E-state index < -0.39 is 10.8 Å². The van der Waals surface area contributed by atoms with Crippen molar-refractivity contribution in [3.05, 3.63) is 41.3 Å². The molecule has 0 bridgehead atoms. The zero-order valence-corrected chi connectivity index (χ0v) is 19.8. The highest BCUT2D eigenvalue weighted by Gasteiger charge is 2.17. The first-order valence-electron chi connectivity index (χ1n) is 11.3. The van der Waals surface area contributed by atoms with Gasteiger partial charge in [-0.25, -0.2) is 4.98 Å². The summed E-state index contributed by atoms with van der Waals surface area (Å²) in [6.07, 6.45) is 4.43.